The molecule has 0 saturated heterocycles. The molecule has 1 aromatic carbocycles. The molecule has 0 N–H and O–H groups in total. The van der Waals surface area contributed by atoms with Gasteiger partial charge in [-0.2, -0.15) is 0 Å². The van der Waals surface area contributed by atoms with Gasteiger partial charge in [-0.1, -0.05) is 50.3 Å². The standard InChI is InChI=1S/C37H51O10P/c1-24-15-18-30-36(9,28(24)17-16-26-20-22-42-32(26)39)21-19-31(44-25(2)38)37(30,10)23-43-33(40)27-13-11-12-14-29(27)45-48(41,46-34(3,4)5)47-35(6,7)8/h11-14,16-17,20,28,30-31H,1,15,18-19,21-23H2,2-10H3/b17-16+/t28?,30?,31-,36-,37+/m1/s1. The van der Waals surface area contributed by atoms with Crippen LogP contribution in [0.15, 0.2) is 60.2 Å². The van der Waals surface area contributed by atoms with Gasteiger partial charge in [0.1, 0.15) is 30.6 Å². The van der Waals surface area contributed by atoms with Crippen molar-refractivity contribution in [3.8, 4) is 5.75 Å². The van der Waals surface area contributed by atoms with E-state index in [2.05, 4.69) is 13.5 Å². The van der Waals surface area contributed by atoms with Crippen molar-refractivity contribution in [1.29, 1.82) is 0 Å². The maximum absolute atomic E-state index is 13.9. The molecule has 0 spiro atoms. The monoisotopic (exact) mass is 686 g/mol. The zero-order valence-corrected chi connectivity index (χ0v) is 30.6. The number of esters is 3. The second kappa shape index (κ2) is 14.0. The molecule has 2 unspecified atom stereocenters. The van der Waals surface area contributed by atoms with Gasteiger partial charge < -0.3 is 18.7 Å². The Bertz CT molecular complexity index is 1510. The average molecular weight is 687 g/mol. The summed E-state index contributed by atoms with van der Waals surface area (Å²) in [6, 6.07) is 6.35. The van der Waals surface area contributed by atoms with E-state index >= 15 is 0 Å². The molecule has 1 aliphatic heterocycles. The molecule has 5 atom stereocenters. The van der Waals surface area contributed by atoms with E-state index in [-0.39, 0.29) is 47.7 Å². The first-order valence-corrected chi connectivity index (χ1v) is 18.0. The van der Waals surface area contributed by atoms with Crippen molar-refractivity contribution in [3.05, 3.63) is 65.8 Å². The molecule has 4 rings (SSSR count). The Morgan fingerprint density at radius 3 is 2.29 bits per heavy atom. The van der Waals surface area contributed by atoms with Crippen LogP contribution in [0.3, 0.4) is 0 Å². The quantitative estimate of drug-likeness (QED) is 0.103. The fourth-order valence-electron chi connectivity index (χ4n) is 7.42. The highest BCUT2D eigenvalue weighted by Crippen LogP contribution is 2.62. The number of hydrogen-bond donors (Lipinski definition) is 0. The van der Waals surface area contributed by atoms with E-state index in [1.807, 2.05) is 19.1 Å². The number of allylic oxidation sites excluding steroid dienone is 2. The fourth-order valence-corrected chi connectivity index (χ4v) is 9.27. The normalized spacial score (nSPS) is 28.0. The smallest absolute Gasteiger partial charge is 0.462 e. The molecule has 2 saturated carbocycles. The summed E-state index contributed by atoms with van der Waals surface area (Å²) in [5, 5.41) is 0. The Morgan fingerprint density at radius 1 is 1.06 bits per heavy atom. The van der Waals surface area contributed by atoms with Crippen LogP contribution in [-0.4, -0.2) is 48.4 Å². The Labute approximate surface area is 284 Å². The summed E-state index contributed by atoms with van der Waals surface area (Å²) in [5.41, 5.74) is -1.21. The molecule has 0 radical (unpaired) electrons. The minimum atomic E-state index is -4.21. The van der Waals surface area contributed by atoms with Crippen molar-refractivity contribution in [2.24, 2.45) is 22.7 Å². The number of phosphoric ester groups is 1. The SMILES string of the molecule is C=C1CCC2[C@](C)(CC[C@@H](OC(C)=O)[C@@]2(C)COC(=O)c2ccccc2OP(=O)(OC(C)(C)C)OC(C)(C)C)C1/C=C/C1=CCOC1=O. The summed E-state index contributed by atoms with van der Waals surface area (Å²) >= 11 is 0. The van der Waals surface area contributed by atoms with Crippen molar-refractivity contribution in [3.63, 3.8) is 0 Å². The number of para-hydroxylation sites is 1. The predicted molar refractivity (Wildman–Crippen MR) is 181 cm³/mol. The van der Waals surface area contributed by atoms with Crippen molar-refractivity contribution in [2.75, 3.05) is 13.2 Å². The Balaban J connectivity index is 1.63. The van der Waals surface area contributed by atoms with Crippen molar-refractivity contribution >= 4 is 25.7 Å². The van der Waals surface area contributed by atoms with Crippen LogP contribution in [-0.2, 0) is 37.4 Å². The minimum Gasteiger partial charge on any atom is -0.462 e. The molecule has 1 aromatic rings. The lowest BCUT2D eigenvalue weighted by molar-refractivity contribution is -0.183. The van der Waals surface area contributed by atoms with Gasteiger partial charge in [0.05, 0.1) is 16.8 Å². The molecule has 2 fully saturated rings. The van der Waals surface area contributed by atoms with E-state index in [1.165, 1.54) is 19.1 Å². The summed E-state index contributed by atoms with van der Waals surface area (Å²) in [6.45, 7) is 20.6. The van der Waals surface area contributed by atoms with Gasteiger partial charge in [0, 0.05) is 18.3 Å². The Hall–Kier alpha value is -3.20. The molecular formula is C37H51O10P. The Kier molecular flexibility index (Phi) is 10.9. The van der Waals surface area contributed by atoms with Gasteiger partial charge in [-0.25, -0.2) is 14.2 Å². The lowest BCUT2D eigenvalue weighted by Gasteiger charge is -2.59. The van der Waals surface area contributed by atoms with Crippen LogP contribution in [0.5, 0.6) is 5.75 Å². The van der Waals surface area contributed by atoms with Crippen molar-refractivity contribution in [1.82, 2.24) is 0 Å². The number of ether oxygens (including phenoxy) is 3. The first-order valence-electron chi connectivity index (χ1n) is 16.5. The molecule has 1 heterocycles. The summed E-state index contributed by atoms with van der Waals surface area (Å²) in [4.78, 5) is 38.2. The number of hydrogen-bond acceptors (Lipinski definition) is 10. The third kappa shape index (κ3) is 8.68. The van der Waals surface area contributed by atoms with Crippen LogP contribution in [0.2, 0.25) is 0 Å². The van der Waals surface area contributed by atoms with Crippen LogP contribution in [0.25, 0.3) is 0 Å². The highest BCUT2D eigenvalue weighted by molar-refractivity contribution is 7.49. The molecular weight excluding hydrogens is 635 g/mol. The van der Waals surface area contributed by atoms with Gasteiger partial charge in [0.25, 0.3) is 0 Å². The number of cyclic esters (lactones) is 1. The number of carbonyl (C=O) groups excluding carboxylic acids is 3. The molecule has 264 valence electrons. The third-order valence-electron chi connectivity index (χ3n) is 9.31. The lowest BCUT2D eigenvalue weighted by Crippen LogP contribution is -2.58. The molecule has 48 heavy (non-hydrogen) atoms. The highest BCUT2D eigenvalue weighted by atomic mass is 31.2. The van der Waals surface area contributed by atoms with Gasteiger partial charge in [-0.15, -0.1) is 0 Å². The second-order valence-electron chi connectivity index (χ2n) is 15.5. The van der Waals surface area contributed by atoms with Crippen LogP contribution in [0.4, 0.5) is 0 Å². The topological polar surface area (TPSA) is 124 Å². The van der Waals surface area contributed by atoms with Gasteiger partial charge in [-0.05, 0) is 96.8 Å². The summed E-state index contributed by atoms with van der Waals surface area (Å²) in [5.74, 6) is -1.55. The van der Waals surface area contributed by atoms with E-state index in [9.17, 15) is 18.9 Å². The first kappa shape index (κ1) is 37.6. The summed E-state index contributed by atoms with van der Waals surface area (Å²) in [6.07, 6.45) is 7.89. The van der Waals surface area contributed by atoms with Crippen LogP contribution in [0, 0.1) is 22.7 Å². The fraction of sp³-hybridized carbons (Fsp3) is 0.595. The lowest BCUT2D eigenvalue weighted by atomic mass is 9.46. The number of phosphoric acid groups is 1. The summed E-state index contributed by atoms with van der Waals surface area (Å²) in [7, 11) is -4.21. The summed E-state index contributed by atoms with van der Waals surface area (Å²) < 4.78 is 48.4. The maximum Gasteiger partial charge on any atom is 0.531 e. The van der Waals surface area contributed by atoms with Gasteiger partial charge >= 0.3 is 25.7 Å². The first-order chi connectivity index (χ1) is 22.2. The molecule has 0 bridgehead atoms. The third-order valence-corrected chi connectivity index (χ3v) is 11.3. The number of benzene rings is 1. The predicted octanol–water partition coefficient (Wildman–Crippen LogP) is 8.32. The largest absolute Gasteiger partial charge is 0.531 e. The van der Waals surface area contributed by atoms with E-state index in [0.717, 1.165) is 24.8 Å². The van der Waals surface area contributed by atoms with Crippen molar-refractivity contribution < 1.29 is 46.7 Å². The second-order valence-corrected chi connectivity index (χ2v) is 17.0. The van der Waals surface area contributed by atoms with Gasteiger partial charge in [0.15, 0.2) is 0 Å². The van der Waals surface area contributed by atoms with Crippen molar-refractivity contribution in [2.45, 2.75) is 105 Å². The molecule has 0 aromatic heterocycles. The number of fused-ring (bicyclic) bond motifs is 1. The molecule has 11 heteroatoms. The molecule has 10 nitrogen and oxygen atoms in total. The van der Waals surface area contributed by atoms with E-state index in [1.54, 1.807) is 59.8 Å². The molecule has 3 aliphatic rings. The number of rotatable bonds is 10. The average Bonchev–Trinajstić information content (AvgIpc) is 3.35. The van der Waals surface area contributed by atoms with E-state index in [0.29, 0.717) is 12.0 Å². The zero-order valence-electron chi connectivity index (χ0n) is 29.8. The minimum absolute atomic E-state index is 0.00610. The van der Waals surface area contributed by atoms with Gasteiger partial charge in [-0.3, -0.25) is 13.8 Å². The van der Waals surface area contributed by atoms with Crippen LogP contribution >= 0.6 is 7.82 Å². The van der Waals surface area contributed by atoms with Gasteiger partial charge in [0.2, 0.25) is 0 Å². The molecule has 0 amide bonds. The Morgan fingerprint density at radius 2 is 1.71 bits per heavy atom. The number of carbonyl (C=O) groups is 3. The van der Waals surface area contributed by atoms with Crippen LogP contribution in [0.1, 0.15) is 98.4 Å². The van der Waals surface area contributed by atoms with Crippen LogP contribution < -0.4 is 4.52 Å². The highest BCUT2D eigenvalue weighted by Gasteiger charge is 2.59. The zero-order chi connectivity index (χ0) is 35.7. The van der Waals surface area contributed by atoms with E-state index < -0.39 is 42.5 Å². The van der Waals surface area contributed by atoms with E-state index in [4.69, 9.17) is 27.8 Å². The molecule has 2 aliphatic carbocycles. The maximum atomic E-state index is 13.9.